The van der Waals surface area contributed by atoms with Gasteiger partial charge in [-0.1, -0.05) is 18.2 Å². The summed E-state index contributed by atoms with van der Waals surface area (Å²) in [6.45, 7) is 7.12. The van der Waals surface area contributed by atoms with E-state index in [4.69, 9.17) is 9.73 Å². The average molecular weight is 542 g/mol. The van der Waals surface area contributed by atoms with E-state index in [2.05, 4.69) is 34.2 Å². The van der Waals surface area contributed by atoms with Crippen LogP contribution in [-0.2, 0) is 10.8 Å². The molecule has 0 spiro atoms. The highest BCUT2D eigenvalue weighted by Gasteiger charge is 2.20. The van der Waals surface area contributed by atoms with Crippen molar-refractivity contribution < 1.29 is 8.95 Å². The van der Waals surface area contributed by atoms with Gasteiger partial charge in [0, 0.05) is 49.1 Å². The largest absolute Gasteiger partial charge is 0.497 e. The van der Waals surface area contributed by atoms with Gasteiger partial charge in [-0.3, -0.25) is 9.20 Å². The van der Waals surface area contributed by atoms with E-state index in [1.54, 1.807) is 7.11 Å². The molecule has 1 heterocycles. The molecule has 8 heteroatoms. The molecule has 0 aromatic heterocycles. The van der Waals surface area contributed by atoms with Crippen LogP contribution in [0.1, 0.15) is 6.92 Å². The third-order valence-electron chi connectivity index (χ3n) is 4.90. The van der Waals surface area contributed by atoms with Crippen LogP contribution in [0.3, 0.4) is 0 Å². The summed E-state index contributed by atoms with van der Waals surface area (Å²) in [4.78, 5) is 10.3. The highest BCUT2D eigenvalue weighted by Crippen LogP contribution is 2.20. The zero-order chi connectivity index (χ0) is 20.5. The van der Waals surface area contributed by atoms with E-state index in [-0.39, 0.29) is 24.0 Å². The van der Waals surface area contributed by atoms with Crippen LogP contribution < -0.4 is 15.0 Å². The number of methoxy groups -OCH3 is 1. The van der Waals surface area contributed by atoms with E-state index in [0.29, 0.717) is 12.3 Å². The molecule has 0 saturated carbocycles. The van der Waals surface area contributed by atoms with Gasteiger partial charge < -0.3 is 19.9 Å². The van der Waals surface area contributed by atoms with Crippen molar-refractivity contribution in [3.8, 4) is 5.75 Å². The minimum atomic E-state index is -1.01. The van der Waals surface area contributed by atoms with Gasteiger partial charge in [0.1, 0.15) is 5.75 Å². The van der Waals surface area contributed by atoms with Gasteiger partial charge in [-0.25, -0.2) is 0 Å². The van der Waals surface area contributed by atoms with Gasteiger partial charge in [0.2, 0.25) is 0 Å². The molecule has 1 aliphatic heterocycles. The van der Waals surface area contributed by atoms with Gasteiger partial charge in [0.15, 0.2) is 5.96 Å². The lowest BCUT2D eigenvalue weighted by Gasteiger charge is -2.37. The molecule has 2 aromatic rings. The Bertz CT molecular complexity index is 810. The Kier molecular flexibility index (Phi) is 10.4. The van der Waals surface area contributed by atoms with E-state index >= 15 is 0 Å². The Morgan fingerprint density at radius 1 is 1.07 bits per heavy atom. The van der Waals surface area contributed by atoms with E-state index in [0.717, 1.165) is 49.3 Å². The molecular weight excluding hydrogens is 511 g/mol. The van der Waals surface area contributed by atoms with Gasteiger partial charge in [0.25, 0.3) is 0 Å². The second kappa shape index (κ2) is 12.8. The van der Waals surface area contributed by atoms with Crippen molar-refractivity contribution in [2.45, 2.75) is 11.8 Å². The summed E-state index contributed by atoms with van der Waals surface area (Å²) in [6, 6.07) is 17.8. The number of piperazine rings is 1. The van der Waals surface area contributed by atoms with Gasteiger partial charge in [-0.2, -0.15) is 0 Å². The van der Waals surface area contributed by atoms with Crippen LogP contribution in [0.25, 0.3) is 0 Å². The van der Waals surface area contributed by atoms with Crippen molar-refractivity contribution in [3.05, 3.63) is 54.6 Å². The van der Waals surface area contributed by atoms with Crippen LogP contribution >= 0.6 is 24.0 Å². The minimum Gasteiger partial charge on any atom is -0.497 e. The van der Waals surface area contributed by atoms with E-state index in [9.17, 15) is 4.21 Å². The Balaban J connectivity index is 0.00000320. The fourth-order valence-electron chi connectivity index (χ4n) is 3.32. The average Bonchev–Trinajstić information content (AvgIpc) is 2.79. The van der Waals surface area contributed by atoms with Crippen LogP contribution in [0.15, 0.2) is 64.5 Å². The van der Waals surface area contributed by atoms with Crippen LogP contribution in [0.5, 0.6) is 5.75 Å². The molecule has 1 atom stereocenters. The summed E-state index contributed by atoms with van der Waals surface area (Å²) in [5.41, 5.74) is 1.21. The Morgan fingerprint density at radius 3 is 2.33 bits per heavy atom. The fourth-order valence-corrected chi connectivity index (χ4v) is 4.27. The minimum absolute atomic E-state index is 0. The number of anilines is 1. The van der Waals surface area contributed by atoms with Crippen molar-refractivity contribution in [2.75, 3.05) is 57.0 Å². The molecule has 1 fully saturated rings. The molecular formula is C22H31IN4O2S. The number of nitrogens with one attached hydrogen (secondary N) is 1. The Hall–Kier alpha value is -1.81. The first-order valence-corrected chi connectivity index (χ1v) is 11.4. The second-order valence-corrected chi connectivity index (χ2v) is 8.34. The number of halogens is 1. The fraction of sp³-hybridized carbons (Fsp3) is 0.409. The first-order chi connectivity index (χ1) is 14.2. The summed E-state index contributed by atoms with van der Waals surface area (Å²) < 4.78 is 17.6. The molecule has 1 saturated heterocycles. The zero-order valence-electron chi connectivity index (χ0n) is 17.6. The van der Waals surface area contributed by atoms with Crippen LogP contribution in [0, 0.1) is 0 Å². The van der Waals surface area contributed by atoms with E-state index in [1.165, 1.54) is 5.69 Å². The maximum absolute atomic E-state index is 12.4. The number of hydrogen-bond donors (Lipinski definition) is 1. The second-order valence-electron chi connectivity index (χ2n) is 6.77. The topological polar surface area (TPSA) is 57.2 Å². The zero-order valence-corrected chi connectivity index (χ0v) is 20.8. The van der Waals surface area contributed by atoms with Crippen LogP contribution in [0.4, 0.5) is 5.69 Å². The Labute approximate surface area is 199 Å². The van der Waals surface area contributed by atoms with Gasteiger partial charge in [0.05, 0.1) is 24.5 Å². The highest BCUT2D eigenvalue weighted by atomic mass is 127. The molecule has 0 aliphatic carbocycles. The third kappa shape index (κ3) is 6.87. The first-order valence-electron chi connectivity index (χ1n) is 10.1. The molecule has 0 radical (unpaired) electrons. The molecule has 30 heavy (non-hydrogen) atoms. The number of benzene rings is 2. The lowest BCUT2D eigenvalue weighted by Crippen LogP contribution is -2.52. The number of rotatable bonds is 7. The third-order valence-corrected chi connectivity index (χ3v) is 6.25. The molecule has 2 aromatic carbocycles. The molecule has 164 valence electrons. The molecule has 6 nitrogen and oxygen atoms in total. The van der Waals surface area contributed by atoms with Crippen LogP contribution in [-0.4, -0.2) is 67.2 Å². The van der Waals surface area contributed by atoms with Crippen molar-refractivity contribution in [1.82, 2.24) is 10.2 Å². The predicted octanol–water partition coefficient (Wildman–Crippen LogP) is 3.21. The summed E-state index contributed by atoms with van der Waals surface area (Å²) in [6.07, 6.45) is 0. The standard InChI is InChI=1S/C22H30N4O2S.HI/c1-3-23-22(24-13-18-29(27)21-7-5-4-6-8-21)26-16-14-25(15-17-26)19-9-11-20(28-2)12-10-19;/h4-12H,3,13-18H2,1-2H3,(H,23,24);1H. The van der Waals surface area contributed by atoms with E-state index < -0.39 is 10.8 Å². The summed E-state index contributed by atoms with van der Waals surface area (Å²) in [5, 5.41) is 3.38. The van der Waals surface area contributed by atoms with Crippen LogP contribution in [0.2, 0.25) is 0 Å². The summed E-state index contributed by atoms with van der Waals surface area (Å²) >= 11 is 0. The molecule has 0 amide bonds. The number of hydrogen-bond acceptors (Lipinski definition) is 4. The smallest absolute Gasteiger partial charge is 0.194 e. The number of nitrogens with zero attached hydrogens (tertiary/aromatic N) is 3. The van der Waals surface area contributed by atoms with Gasteiger partial charge in [-0.05, 0) is 43.3 Å². The normalized spacial score (nSPS) is 15.3. The van der Waals surface area contributed by atoms with E-state index in [1.807, 2.05) is 42.5 Å². The molecule has 1 N–H and O–H groups in total. The Morgan fingerprint density at radius 2 is 1.73 bits per heavy atom. The summed E-state index contributed by atoms with van der Waals surface area (Å²) in [5.74, 6) is 2.32. The lowest BCUT2D eigenvalue weighted by molar-refractivity contribution is 0.373. The van der Waals surface area contributed by atoms with Gasteiger partial charge >= 0.3 is 0 Å². The highest BCUT2D eigenvalue weighted by molar-refractivity contribution is 14.0. The van der Waals surface area contributed by atoms with Gasteiger partial charge in [-0.15, -0.1) is 24.0 Å². The van der Waals surface area contributed by atoms with Crippen molar-refractivity contribution >= 4 is 46.4 Å². The summed E-state index contributed by atoms with van der Waals surface area (Å²) in [7, 11) is 0.671. The molecule has 0 bridgehead atoms. The lowest BCUT2D eigenvalue weighted by atomic mass is 10.2. The first kappa shape index (κ1) is 24.5. The number of aliphatic imine (C=N–C) groups is 1. The number of ether oxygens (including phenoxy) is 1. The molecule has 3 rings (SSSR count). The quantitative estimate of drug-likeness (QED) is 0.331. The van der Waals surface area contributed by atoms with Crippen molar-refractivity contribution in [3.63, 3.8) is 0 Å². The predicted molar refractivity (Wildman–Crippen MR) is 136 cm³/mol. The SMILES string of the molecule is CCNC(=NCCS(=O)c1ccccc1)N1CCN(c2ccc(OC)cc2)CC1.I. The maximum Gasteiger partial charge on any atom is 0.194 e. The number of guanidine groups is 1. The molecule has 1 unspecified atom stereocenters. The maximum atomic E-state index is 12.4. The van der Waals surface area contributed by atoms with Crippen molar-refractivity contribution in [2.24, 2.45) is 4.99 Å². The van der Waals surface area contributed by atoms with Crippen molar-refractivity contribution in [1.29, 1.82) is 0 Å². The monoisotopic (exact) mass is 542 g/mol. The molecule has 1 aliphatic rings.